The second-order valence-corrected chi connectivity index (χ2v) is 5.97. The summed E-state index contributed by atoms with van der Waals surface area (Å²) in [6.45, 7) is 0.466. The molecule has 0 aromatic carbocycles. The molecule has 2 aromatic rings. The number of nitrogens with zero attached hydrogens (tertiary/aromatic N) is 1. The van der Waals surface area contributed by atoms with Crippen LogP contribution < -0.4 is 5.32 Å². The molecule has 0 aliphatic carbocycles. The maximum atomic E-state index is 11.7. The van der Waals surface area contributed by atoms with Crippen LogP contribution in [-0.4, -0.2) is 10.9 Å². The van der Waals surface area contributed by atoms with E-state index in [0.717, 1.165) is 13.7 Å². The monoisotopic (exact) mass is 330 g/mol. The average Bonchev–Trinajstić information content (AvgIpc) is 2.73. The molecule has 1 N–H and O–H groups in total. The number of carbonyl (C=O) groups is 1. The molecule has 0 radical (unpaired) electrons. The van der Waals surface area contributed by atoms with E-state index in [0.29, 0.717) is 12.2 Å². The number of nitrogens with one attached hydrogen (secondary N) is 1. The summed E-state index contributed by atoms with van der Waals surface area (Å²) in [5.74, 6) is -0.193. The summed E-state index contributed by atoms with van der Waals surface area (Å²) in [4.78, 5) is 16.7. The predicted molar refractivity (Wildman–Crippen MR) is 72.4 cm³/mol. The van der Waals surface area contributed by atoms with Crippen molar-refractivity contribution >= 4 is 44.8 Å². The van der Waals surface area contributed by atoms with Gasteiger partial charge in [-0.1, -0.05) is 11.6 Å². The second kappa shape index (κ2) is 5.62. The van der Waals surface area contributed by atoms with E-state index in [1.54, 1.807) is 18.3 Å². The smallest absolute Gasteiger partial charge is 0.270 e. The fraction of sp³-hybridized carbons (Fsp3) is 0.0909. The van der Waals surface area contributed by atoms with E-state index >= 15 is 0 Å². The van der Waals surface area contributed by atoms with Crippen LogP contribution in [0.5, 0.6) is 0 Å². The molecule has 0 saturated heterocycles. The summed E-state index contributed by atoms with van der Waals surface area (Å²) in [5, 5.41) is 2.78. The Kier molecular flexibility index (Phi) is 4.15. The predicted octanol–water partition coefficient (Wildman–Crippen LogP) is 3.49. The van der Waals surface area contributed by atoms with Crippen molar-refractivity contribution in [3.8, 4) is 0 Å². The first-order valence-electron chi connectivity index (χ1n) is 4.79. The van der Waals surface area contributed by atoms with Crippen LogP contribution in [0.3, 0.4) is 0 Å². The molecule has 0 bridgehead atoms. The van der Waals surface area contributed by atoms with E-state index in [9.17, 15) is 4.79 Å². The molecular formula is C11H8BrClN2OS. The Hall–Kier alpha value is -0.910. The van der Waals surface area contributed by atoms with Gasteiger partial charge < -0.3 is 5.32 Å². The van der Waals surface area contributed by atoms with Crippen LogP contribution in [0.2, 0.25) is 4.34 Å². The minimum atomic E-state index is -0.193. The second-order valence-electron chi connectivity index (χ2n) is 3.25. The van der Waals surface area contributed by atoms with E-state index in [1.807, 2.05) is 12.1 Å². The van der Waals surface area contributed by atoms with Crippen molar-refractivity contribution in [3.05, 3.63) is 49.8 Å². The third kappa shape index (κ3) is 3.52. The van der Waals surface area contributed by atoms with Gasteiger partial charge in [0, 0.05) is 15.5 Å². The maximum absolute atomic E-state index is 11.7. The van der Waals surface area contributed by atoms with E-state index < -0.39 is 0 Å². The number of thiophene rings is 1. The van der Waals surface area contributed by atoms with Crippen molar-refractivity contribution in [2.24, 2.45) is 0 Å². The van der Waals surface area contributed by atoms with Crippen molar-refractivity contribution in [1.82, 2.24) is 10.3 Å². The van der Waals surface area contributed by atoms with Gasteiger partial charge in [0.2, 0.25) is 0 Å². The highest BCUT2D eigenvalue weighted by Crippen LogP contribution is 2.21. The molecule has 17 heavy (non-hydrogen) atoms. The average molecular weight is 332 g/mol. The molecule has 2 heterocycles. The molecule has 3 nitrogen and oxygen atoms in total. The maximum Gasteiger partial charge on any atom is 0.270 e. The van der Waals surface area contributed by atoms with Gasteiger partial charge in [0.15, 0.2) is 0 Å². The summed E-state index contributed by atoms with van der Waals surface area (Å²) >= 11 is 10.5. The van der Waals surface area contributed by atoms with E-state index in [1.165, 1.54) is 11.3 Å². The molecule has 88 valence electrons. The first-order chi connectivity index (χ1) is 8.15. The SMILES string of the molecule is O=C(NCc1ccc(Cl)s1)c1ccc(Br)cn1. The minimum absolute atomic E-state index is 0.193. The Morgan fingerprint density at radius 2 is 2.24 bits per heavy atom. The molecule has 0 spiro atoms. The van der Waals surface area contributed by atoms with Gasteiger partial charge in [0.05, 0.1) is 10.9 Å². The van der Waals surface area contributed by atoms with Crippen LogP contribution in [0, 0.1) is 0 Å². The van der Waals surface area contributed by atoms with Crippen molar-refractivity contribution in [3.63, 3.8) is 0 Å². The number of pyridine rings is 1. The lowest BCUT2D eigenvalue weighted by atomic mass is 10.3. The van der Waals surface area contributed by atoms with Gasteiger partial charge >= 0.3 is 0 Å². The Labute approximate surface area is 116 Å². The highest BCUT2D eigenvalue weighted by molar-refractivity contribution is 9.10. The molecule has 0 fully saturated rings. The quantitative estimate of drug-likeness (QED) is 0.935. The van der Waals surface area contributed by atoms with Gasteiger partial charge in [-0.3, -0.25) is 4.79 Å². The topological polar surface area (TPSA) is 42.0 Å². The fourth-order valence-corrected chi connectivity index (χ4v) is 2.48. The van der Waals surface area contributed by atoms with Crippen LogP contribution in [0.1, 0.15) is 15.4 Å². The van der Waals surface area contributed by atoms with Crippen LogP contribution in [-0.2, 0) is 6.54 Å². The summed E-state index contributed by atoms with van der Waals surface area (Å²) in [7, 11) is 0. The molecule has 0 aliphatic heterocycles. The van der Waals surface area contributed by atoms with E-state index in [2.05, 4.69) is 26.2 Å². The first kappa shape index (κ1) is 12.5. The Balaban J connectivity index is 1.95. The lowest BCUT2D eigenvalue weighted by Crippen LogP contribution is -2.23. The molecule has 0 aliphatic rings. The van der Waals surface area contributed by atoms with E-state index in [4.69, 9.17) is 11.6 Å². The van der Waals surface area contributed by atoms with Crippen molar-refractivity contribution in [1.29, 1.82) is 0 Å². The number of amides is 1. The summed E-state index contributed by atoms with van der Waals surface area (Å²) in [6.07, 6.45) is 1.59. The Morgan fingerprint density at radius 3 is 2.82 bits per heavy atom. The zero-order chi connectivity index (χ0) is 12.3. The minimum Gasteiger partial charge on any atom is -0.346 e. The van der Waals surface area contributed by atoms with Crippen LogP contribution >= 0.6 is 38.9 Å². The number of halogens is 2. The highest BCUT2D eigenvalue weighted by atomic mass is 79.9. The molecule has 2 rings (SSSR count). The van der Waals surface area contributed by atoms with Gasteiger partial charge in [-0.25, -0.2) is 4.98 Å². The number of rotatable bonds is 3. The van der Waals surface area contributed by atoms with Gasteiger partial charge in [-0.15, -0.1) is 11.3 Å². The molecular weight excluding hydrogens is 324 g/mol. The molecule has 0 unspecified atom stereocenters. The normalized spacial score (nSPS) is 10.2. The highest BCUT2D eigenvalue weighted by Gasteiger charge is 2.07. The van der Waals surface area contributed by atoms with E-state index in [-0.39, 0.29) is 5.91 Å². The number of aromatic nitrogens is 1. The fourth-order valence-electron chi connectivity index (χ4n) is 1.21. The number of hydrogen-bond acceptors (Lipinski definition) is 3. The molecule has 6 heteroatoms. The molecule has 0 saturated carbocycles. The lowest BCUT2D eigenvalue weighted by Gasteiger charge is -2.02. The van der Waals surface area contributed by atoms with Gasteiger partial charge in [0.25, 0.3) is 5.91 Å². The standard InChI is InChI=1S/C11H8BrClN2OS/c12-7-1-3-9(14-5-7)11(16)15-6-8-2-4-10(13)17-8/h1-5H,6H2,(H,15,16). The molecule has 1 amide bonds. The third-order valence-electron chi connectivity index (χ3n) is 2.01. The van der Waals surface area contributed by atoms with Crippen molar-refractivity contribution in [2.45, 2.75) is 6.54 Å². The van der Waals surface area contributed by atoms with Crippen LogP contribution in [0.25, 0.3) is 0 Å². The van der Waals surface area contributed by atoms with Gasteiger partial charge in [-0.05, 0) is 40.2 Å². The zero-order valence-electron chi connectivity index (χ0n) is 8.61. The lowest BCUT2D eigenvalue weighted by molar-refractivity contribution is 0.0946. The van der Waals surface area contributed by atoms with Crippen molar-refractivity contribution in [2.75, 3.05) is 0 Å². The molecule has 2 aromatic heterocycles. The molecule has 0 atom stereocenters. The Morgan fingerprint density at radius 1 is 1.41 bits per heavy atom. The Bertz CT molecular complexity index is 527. The first-order valence-corrected chi connectivity index (χ1v) is 6.78. The van der Waals surface area contributed by atoms with Crippen LogP contribution in [0.15, 0.2) is 34.9 Å². The summed E-state index contributed by atoms with van der Waals surface area (Å²) in [6, 6.07) is 7.15. The zero-order valence-corrected chi connectivity index (χ0v) is 11.8. The summed E-state index contributed by atoms with van der Waals surface area (Å²) < 4.78 is 1.56. The summed E-state index contributed by atoms with van der Waals surface area (Å²) in [5.41, 5.74) is 0.399. The number of carbonyl (C=O) groups excluding carboxylic acids is 1. The van der Waals surface area contributed by atoms with Crippen molar-refractivity contribution < 1.29 is 4.79 Å². The van der Waals surface area contributed by atoms with Gasteiger partial charge in [-0.2, -0.15) is 0 Å². The number of hydrogen-bond donors (Lipinski definition) is 1. The van der Waals surface area contributed by atoms with Gasteiger partial charge in [0.1, 0.15) is 5.69 Å². The van der Waals surface area contributed by atoms with Crippen LogP contribution in [0.4, 0.5) is 0 Å². The largest absolute Gasteiger partial charge is 0.346 e. The third-order valence-corrected chi connectivity index (χ3v) is 3.71.